The Morgan fingerprint density at radius 1 is 0.650 bits per heavy atom. The number of fused-ring (bicyclic) bond motifs is 2. The van der Waals surface area contributed by atoms with Crippen molar-refractivity contribution in [2.75, 3.05) is 26.3 Å². The van der Waals surface area contributed by atoms with Crippen molar-refractivity contribution in [2.24, 2.45) is 63.9 Å². The van der Waals surface area contributed by atoms with Gasteiger partial charge >= 0.3 is 37.9 Å². The van der Waals surface area contributed by atoms with Gasteiger partial charge in [0, 0.05) is 30.6 Å². The van der Waals surface area contributed by atoms with Gasteiger partial charge in [0.15, 0.2) is 0 Å². The maximum absolute atomic E-state index is 13.2. The summed E-state index contributed by atoms with van der Waals surface area (Å²) in [5.74, 6) is 3.75. The maximum Gasteiger partial charge on any atom is 0.482 e. The Balaban J connectivity index is 0.000000159. The molecule has 80 heavy (non-hydrogen) atoms. The zero-order valence-electron chi connectivity index (χ0n) is 49.2. The number of hydrogen-bond donors (Lipinski definition) is 2. The van der Waals surface area contributed by atoms with Crippen LogP contribution in [0.3, 0.4) is 0 Å². The number of amides is 3. The van der Waals surface area contributed by atoms with Crippen LogP contribution in [-0.2, 0) is 50.4 Å². The van der Waals surface area contributed by atoms with Gasteiger partial charge in [0.25, 0.3) is 0 Å². The fourth-order valence-corrected chi connectivity index (χ4v) is 15.4. The number of ether oxygens (including phenoxy) is 4. The Bertz CT molecular complexity index is 2560. The van der Waals surface area contributed by atoms with Crippen molar-refractivity contribution in [2.45, 2.75) is 193 Å². The molecule has 4 bridgehead atoms. The summed E-state index contributed by atoms with van der Waals surface area (Å²) in [7, 11) is -0.828. The van der Waals surface area contributed by atoms with E-state index in [4.69, 9.17) is 54.9 Å². The standard InChI is InChI=1S/C30H43BN2O6.C18H26BNO2.C12H18ClNO4.ClH/c1-28(2,3)37-27(35)33-16-19-13-21(19)22(33)17-36-26(34)32-25(12-18-10-8-7-9-11-18)31-38-24-15-20-14-23(29(20,4)5)30(24,6)39-31;1-17(2)13-10-14(17)18(3)15(11-13)21-19(22-18)16(20)9-12-7-5-4-6-8-12;1-12(2,3)18-11(16)14-5-7-4-8(7)9(14)6-17-10(13)15;/h7-11,19-25H,12-17H2,1-6H3,(H,32,34);4-8,13-16H,9-11,20H2,1-3H3;7-9H,4-6H2,1-3H3;1H/t19-,20+,21-,22+,23+,24-,25+,30+;13-,14-,15+,16-,18-;7-,8-,9+;/m101./s1. The molecule has 2 aromatic rings. The van der Waals surface area contributed by atoms with E-state index in [0.29, 0.717) is 66.4 Å². The number of carbonyl (C=O) groups is 4. The molecule has 3 amide bonds. The van der Waals surface area contributed by atoms with Crippen molar-refractivity contribution in [3.8, 4) is 0 Å². The molecule has 0 aromatic heterocycles. The molecule has 14 rings (SSSR count). The number of likely N-dealkylation sites (tertiary alicyclic amines) is 2. The van der Waals surface area contributed by atoms with Gasteiger partial charge in [-0.1, -0.05) is 88.4 Å². The zero-order valence-corrected chi connectivity index (χ0v) is 50.7. The van der Waals surface area contributed by atoms with E-state index in [9.17, 15) is 19.2 Å². The molecule has 4 heterocycles. The molecule has 4 aliphatic heterocycles. The minimum Gasteiger partial charge on any atom is -0.451 e. The van der Waals surface area contributed by atoms with E-state index in [1.54, 1.807) is 9.80 Å². The number of nitrogens with one attached hydrogen (secondary N) is 1. The number of nitrogens with two attached hydrogens (primary N) is 1. The highest BCUT2D eigenvalue weighted by atomic mass is 35.5. The van der Waals surface area contributed by atoms with Gasteiger partial charge in [-0.25, -0.2) is 19.2 Å². The number of rotatable bonds is 11. The molecule has 440 valence electrons. The van der Waals surface area contributed by atoms with E-state index in [-0.39, 0.29) is 91.8 Å². The van der Waals surface area contributed by atoms with Crippen LogP contribution in [0.4, 0.5) is 19.2 Å². The molecule has 8 saturated carbocycles. The van der Waals surface area contributed by atoms with Crippen LogP contribution in [0.2, 0.25) is 0 Å². The fraction of sp³-hybridized carbons (Fsp3) is 0.733. The Kier molecular flexibility index (Phi) is 17.2. The first-order valence-electron chi connectivity index (χ1n) is 29.3. The predicted molar refractivity (Wildman–Crippen MR) is 308 cm³/mol. The molecule has 4 saturated heterocycles. The number of carbonyl (C=O) groups excluding carboxylic acids is 4. The number of hydrogen-bond acceptors (Lipinski definition) is 13. The largest absolute Gasteiger partial charge is 0.482 e. The predicted octanol–water partition coefficient (Wildman–Crippen LogP) is 10.7. The zero-order chi connectivity index (χ0) is 56.8. The Labute approximate surface area is 486 Å². The molecule has 8 aliphatic carbocycles. The molecule has 3 N–H and O–H groups in total. The van der Waals surface area contributed by atoms with Crippen LogP contribution >= 0.6 is 24.0 Å². The van der Waals surface area contributed by atoms with Crippen molar-refractivity contribution in [1.82, 2.24) is 15.1 Å². The molecular weight excluding hydrogens is 1060 g/mol. The van der Waals surface area contributed by atoms with Crippen LogP contribution in [0, 0.1) is 58.2 Å². The highest BCUT2D eigenvalue weighted by Gasteiger charge is 2.70. The molecule has 0 radical (unpaired) electrons. The van der Waals surface area contributed by atoms with Crippen LogP contribution in [-0.4, -0.2) is 133 Å². The summed E-state index contributed by atoms with van der Waals surface area (Å²) in [5, 5.41) is 3.07. The van der Waals surface area contributed by atoms with Crippen molar-refractivity contribution in [3.63, 3.8) is 0 Å². The van der Waals surface area contributed by atoms with Crippen LogP contribution in [0.1, 0.15) is 133 Å². The van der Waals surface area contributed by atoms with Crippen LogP contribution in [0.15, 0.2) is 60.7 Å². The summed E-state index contributed by atoms with van der Waals surface area (Å²) in [6.07, 6.45) is 7.14. The fourth-order valence-electron chi connectivity index (χ4n) is 15.4. The minimum atomic E-state index is -0.830. The second-order valence-corrected chi connectivity index (χ2v) is 28.6. The molecular formula is C60H88B2Cl2N4O12. The first kappa shape index (κ1) is 60.8. The van der Waals surface area contributed by atoms with Gasteiger partial charge in [0.05, 0.1) is 41.4 Å². The van der Waals surface area contributed by atoms with Crippen molar-refractivity contribution >= 4 is 62.0 Å². The second kappa shape index (κ2) is 22.7. The lowest BCUT2D eigenvalue weighted by Gasteiger charge is -2.64. The maximum atomic E-state index is 13.2. The smallest absolute Gasteiger partial charge is 0.451 e. The third kappa shape index (κ3) is 12.5. The number of halogens is 2. The quantitative estimate of drug-likeness (QED) is 0.123. The average molecular weight is 1150 g/mol. The van der Waals surface area contributed by atoms with Crippen LogP contribution in [0.5, 0.6) is 0 Å². The third-order valence-corrected chi connectivity index (χ3v) is 20.3. The number of alkyl carbamates (subject to hydrolysis) is 1. The van der Waals surface area contributed by atoms with Gasteiger partial charge in [-0.3, -0.25) is 0 Å². The summed E-state index contributed by atoms with van der Waals surface area (Å²) in [4.78, 5) is 52.0. The van der Waals surface area contributed by atoms with E-state index in [1.807, 2.05) is 77.9 Å². The summed E-state index contributed by atoms with van der Waals surface area (Å²) in [6.45, 7) is 26.6. The first-order chi connectivity index (χ1) is 37.0. The van der Waals surface area contributed by atoms with E-state index in [2.05, 4.69) is 71.1 Å². The van der Waals surface area contributed by atoms with Gasteiger partial charge in [0.2, 0.25) is 0 Å². The normalized spacial score (nSPS) is 35.4. The molecule has 0 spiro atoms. The van der Waals surface area contributed by atoms with Crippen molar-refractivity contribution < 1.29 is 56.7 Å². The minimum absolute atomic E-state index is 0. The Morgan fingerprint density at radius 3 is 1.51 bits per heavy atom. The monoisotopic (exact) mass is 1150 g/mol. The van der Waals surface area contributed by atoms with Gasteiger partial charge < -0.3 is 58.4 Å². The van der Waals surface area contributed by atoms with Gasteiger partial charge in [0.1, 0.15) is 24.4 Å². The highest BCUT2D eigenvalue weighted by molar-refractivity contribution is 6.61. The van der Waals surface area contributed by atoms with Crippen LogP contribution in [0.25, 0.3) is 0 Å². The second-order valence-electron chi connectivity index (χ2n) is 28.3. The summed E-state index contributed by atoms with van der Waals surface area (Å²) in [5.41, 5.74) is 6.93. The lowest BCUT2D eigenvalue weighted by atomic mass is 9.43. The first-order valence-corrected chi connectivity index (χ1v) is 29.7. The number of piperidine rings is 2. The number of nitrogens with zero attached hydrogens (tertiary/aromatic N) is 2. The molecule has 12 fully saturated rings. The Morgan fingerprint density at radius 2 is 1.07 bits per heavy atom. The van der Waals surface area contributed by atoms with E-state index < -0.39 is 35.8 Å². The van der Waals surface area contributed by atoms with Gasteiger partial charge in [-0.15, -0.1) is 12.4 Å². The SMILES string of the molecule is CC(C)(C)OC(=O)N1C[C@H]2C[C@H]2[C@@H]1COC(=O)Cl.CC(C)(C)OC(=O)N1C[C@H]2C[C@H]2[C@@H]1COC(=O)N[C@@H](Cc1ccccc1)B1O[C@@H]2C[C@@H]3C[C@@H](C3(C)C)[C@]2(C)O1.CC1(C)[C@@H]2C[C@H]3OB([C@@H](N)Cc4ccccc4)O[C@@]3(C)[C@H]1C2.Cl. The molecule has 16 nitrogen and oxygen atoms in total. The molecule has 16 atom stereocenters. The molecule has 20 heteroatoms. The summed E-state index contributed by atoms with van der Waals surface area (Å²) in [6, 6.07) is 20.2. The van der Waals surface area contributed by atoms with Crippen molar-refractivity contribution in [3.05, 3.63) is 71.8 Å². The molecule has 2 aromatic carbocycles. The average Bonchev–Trinajstić information content (AvgIpc) is 4.24. The topological polar surface area (TPSA) is 187 Å². The van der Waals surface area contributed by atoms with Crippen LogP contribution < -0.4 is 11.1 Å². The molecule has 0 unspecified atom stereocenters. The van der Waals surface area contributed by atoms with Gasteiger partial charge in [-0.2, -0.15) is 0 Å². The molecule has 12 aliphatic rings. The van der Waals surface area contributed by atoms with E-state index in [0.717, 1.165) is 43.6 Å². The lowest BCUT2D eigenvalue weighted by Crippen LogP contribution is -2.65. The summed E-state index contributed by atoms with van der Waals surface area (Å²) < 4.78 is 47.4. The highest BCUT2D eigenvalue weighted by Crippen LogP contribution is 2.67. The van der Waals surface area contributed by atoms with E-state index in [1.165, 1.54) is 18.4 Å². The number of benzene rings is 2. The lowest BCUT2D eigenvalue weighted by molar-refractivity contribution is -0.199. The third-order valence-electron chi connectivity index (χ3n) is 20.1. The van der Waals surface area contributed by atoms with Crippen molar-refractivity contribution in [1.29, 1.82) is 0 Å². The summed E-state index contributed by atoms with van der Waals surface area (Å²) >= 11 is 5.16. The van der Waals surface area contributed by atoms with Gasteiger partial charge in [-0.05, 0) is 176 Å². The Hall–Kier alpha value is -3.77. The van der Waals surface area contributed by atoms with E-state index >= 15 is 0 Å².